The van der Waals surface area contributed by atoms with Crippen LogP contribution in [0.15, 0.2) is 24.3 Å². The standard InChI is InChI=1S/C13H16N2O3/c1-9-7-12(17)15(13(9)14-8-16)10-3-5-11(18-2)6-4-10/h3-6,8-9,13H,7H2,1-2H3,(H,14,16). The zero-order valence-electron chi connectivity index (χ0n) is 10.4. The summed E-state index contributed by atoms with van der Waals surface area (Å²) in [4.78, 5) is 24.2. The molecule has 0 aromatic heterocycles. The van der Waals surface area contributed by atoms with Crippen LogP contribution in [0, 0.1) is 5.92 Å². The molecule has 0 bridgehead atoms. The van der Waals surface area contributed by atoms with Gasteiger partial charge in [0.25, 0.3) is 0 Å². The molecule has 1 aromatic carbocycles. The number of methoxy groups -OCH3 is 1. The summed E-state index contributed by atoms with van der Waals surface area (Å²) in [6.07, 6.45) is 0.803. The van der Waals surface area contributed by atoms with Gasteiger partial charge in [0.15, 0.2) is 0 Å². The van der Waals surface area contributed by atoms with Crippen LogP contribution in [0.2, 0.25) is 0 Å². The molecule has 1 aliphatic heterocycles. The Bertz CT molecular complexity index is 444. The fraction of sp³-hybridized carbons (Fsp3) is 0.385. The molecule has 0 saturated carbocycles. The Morgan fingerprint density at radius 1 is 1.39 bits per heavy atom. The summed E-state index contributed by atoms with van der Waals surface area (Å²) in [5, 5.41) is 2.70. The third kappa shape index (κ3) is 2.16. The lowest BCUT2D eigenvalue weighted by atomic mass is 10.1. The van der Waals surface area contributed by atoms with Crippen molar-refractivity contribution in [3.63, 3.8) is 0 Å². The highest BCUT2D eigenvalue weighted by atomic mass is 16.5. The van der Waals surface area contributed by atoms with E-state index in [1.165, 1.54) is 0 Å². The van der Waals surface area contributed by atoms with E-state index < -0.39 is 0 Å². The van der Waals surface area contributed by atoms with Crippen LogP contribution in [-0.4, -0.2) is 25.6 Å². The van der Waals surface area contributed by atoms with Crippen molar-refractivity contribution in [3.05, 3.63) is 24.3 Å². The van der Waals surface area contributed by atoms with E-state index in [0.717, 1.165) is 11.4 Å². The first kappa shape index (κ1) is 12.4. The van der Waals surface area contributed by atoms with E-state index in [0.29, 0.717) is 12.8 Å². The van der Waals surface area contributed by atoms with E-state index in [1.807, 2.05) is 19.1 Å². The number of hydrogen-bond acceptors (Lipinski definition) is 3. The molecule has 5 heteroatoms. The van der Waals surface area contributed by atoms with Crippen LogP contribution in [-0.2, 0) is 9.59 Å². The Balaban J connectivity index is 2.28. The second-order valence-corrected chi connectivity index (χ2v) is 4.37. The summed E-state index contributed by atoms with van der Waals surface area (Å²) in [7, 11) is 1.59. The van der Waals surface area contributed by atoms with Gasteiger partial charge in [0.2, 0.25) is 12.3 Å². The average Bonchev–Trinajstić information content (AvgIpc) is 2.65. The predicted octanol–water partition coefficient (Wildman–Crippen LogP) is 1.14. The maximum Gasteiger partial charge on any atom is 0.229 e. The first-order valence-electron chi connectivity index (χ1n) is 5.83. The monoisotopic (exact) mass is 248 g/mol. The highest BCUT2D eigenvalue weighted by molar-refractivity contribution is 5.96. The van der Waals surface area contributed by atoms with Gasteiger partial charge in [-0.3, -0.25) is 14.5 Å². The number of hydrogen-bond donors (Lipinski definition) is 1. The number of nitrogens with zero attached hydrogens (tertiary/aromatic N) is 1. The molecule has 1 saturated heterocycles. The Labute approximate surface area is 106 Å². The van der Waals surface area contributed by atoms with Gasteiger partial charge in [-0.1, -0.05) is 6.92 Å². The minimum absolute atomic E-state index is 0.0204. The van der Waals surface area contributed by atoms with Gasteiger partial charge in [-0.2, -0.15) is 0 Å². The minimum Gasteiger partial charge on any atom is -0.497 e. The van der Waals surface area contributed by atoms with E-state index >= 15 is 0 Å². The van der Waals surface area contributed by atoms with Gasteiger partial charge >= 0.3 is 0 Å². The molecular weight excluding hydrogens is 232 g/mol. The fourth-order valence-electron chi connectivity index (χ4n) is 2.25. The lowest BCUT2D eigenvalue weighted by molar-refractivity contribution is -0.117. The van der Waals surface area contributed by atoms with Crippen molar-refractivity contribution in [3.8, 4) is 5.75 Å². The van der Waals surface area contributed by atoms with Gasteiger partial charge in [0.05, 0.1) is 7.11 Å². The fourth-order valence-corrected chi connectivity index (χ4v) is 2.25. The number of nitrogens with one attached hydrogen (secondary N) is 1. The van der Waals surface area contributed by atoms with Crippen molar-refractivity contribution in [1.82, 2.24) is 5.32 Å². The van der Waals surface area contributed by atoms with Crippen molar-refractivity contribution in [2.75, 3.05) is 12.0 Å². The predicted molar refractivity (Wildman–Crippen MR) is 67.2 cm³/mol. The third-order valence-corrected chi connectivity index (χ3v) is 3.17. The second-order valence-electron chi connectivity index (χ2n) is 4.37. The molecule has 2 amide bonds. The van der Waals surface area contributed by atoms with Gasteiger partial charge in [0, 0.05) is 18.0 Å². The molecule has 96 valence electrons. The van der Waals surface area contributed by atoms with Crippen LogP contribution in [0.25, 0.3) is 0 Å². The van der Waals surface area contributed by atoms with Gasteiger partial charge < -0.3 is 10.1 Å². The summed E-state index contributed by atoms with van der Waals surface area (Å²) in [6.45, 7) is 1.95. The number of benzene rings is 1. The summed E-state index contributed by atoms with van der Waals surface area (Å²) in [5.74, 6) is 0.857. The molecule has 0 spiro atoms. The SMILES string of the molecule is COc1ccc(N2C(=O)CC(C)C2NC=O)cc1. The highest BCUT2D eigenvalue weighted by Crippen LogP contribution is 2.30. The molecule has 1 fully saturated rings. The largest absolute Gasteiger partial charge is 0.497 e. The van der Waals surface area contributed by atoms with Crippen LogP contribution in [0.1, 0.15) is 13.3 Å². The summed E-state index contributed by atoms with van der Waals surface area (Å²) >= 11 is 0. The number of anilines is 1. The molecule has 1 aromatic rings. The number of carbonyl (C=O) groups is 2. The summed E-state index contributed by atoms with van der Waals surface area (Å²) < 4.78 is 5.08. The van der Waals surface area contributed by atoms with Crippen LogP contribution in [0.5, 0.6) is 5.75 Å². The van der Waals surface area contributed by atoms with E-state index in [4.69, 9.17) is 4.74 Å². The topological polar surface area (TPSA) is 58.6 Å². The average molecular weight is 248 g/mol. The second kappa shape index (κ2) is 5.08. The summed E-state index contributed by atoms with van der Waals surface area (Å²) in [5.41, 5.74) is 0.768. The van der Waals surface area contributed by atoms with Crippen LogP contribution in [0.3, 0.4) is 0 Å². The van der Waals surface area contributed by atoms with E-state index in [1.54, 1.807) is 24.1 Å². The van der Waals surface area contributed by atoms with Crippen LogP contribution < -0.4 is 15.0 Å². The molecule has 1 heterocycles. The number of ether oxygens (including phenoxy) is 1. The Morgan fingerprint density at radius 3 is 2.61 bits per heavy atom. The highest BCUT2D eigenvalue weighted by Gasteiger charge is 2.37. The van der Waals surface area contributed by atoms with E-state index in [-0.39, 0.29) is 18.0 Å². The van der Waals surface area contributed by atoms with E-state index in [9.17, 15) is 9.59 Å². The molecule has 2 unspecified atom stereocenters. The normalized spacial score (nSPS) is 23.0. The molecular formula is C13H16N2O3. The molecule has 2 atom stereocenters. The van der Waals surface area contributed by atoms with Crippen molar-refractivity contribution >= 4 is 18.0 Å². The van der Waals surface area contributed by atoms with Gasteiger partial charge in [-0.15, -0.1) is 0 Å². The Morgan fingerprint density at radius 2 is 2.06 bits per heavy atom. The Hall–Kier alpha value is -2.04. The smallest absolute Gasteiger partial charge is 0.229 e. The molecule has 1 N–H and O–H groups in total. The molecule has 5 nitrogen and oxygen atoms in total. The van der Waals surface area contributed by atoms with Gasteiger partial charge in [-0.25, -0.2) is 0 Å². The quantitative estimate of drug-likeness (QED) is 0.813. The molecule has 0 aliphatic carbocycles. The zero-order chi connectivity index (χ0) is 13.1. The van der Waals surface area contributed by atoms with Crippen LogP contribution >= 0.6 is 0 Å². The summed E-state index contributed by atoms with van der Waals surface area (Å²) in [6, 6.07) is 7.22. The number of amides is 2. The molecule has 18 heavy (non-hydrogen) atoms. The van der Waals surface area contributed by atoms with Crippen molar-refractivity contribution < 1.29 is 14.3 Å². The number of carbonyl (C=O) groups excluding carboxylic acids is 2. The van der Waals surface area contributed by atoms with E-state index in [2.05, 4.69) is 5.32 Å². The first-order chi connectivity index (χ1) is 8.67. The van der Waals surface area contributed by atoms with Crippen molar-refractivity contribution in [2.24, 2.45) is 5.92 Å². The molecule has 0 radical (unpaired) electrons. The third-order valence-electron chi connectivity index (χ3n) is 3.17. The maximum atomic E-state index is 12.0. The Kier molecular flexibility index (Phi) is 3.50. The molecule has 2 rings (SSSR count). The van der Waals surface area contributed by atoms with Crippen molar-refractivity contribution in [2.45, 2.75) is 19.5 Å². The minimum atomic E-state index is -0.275. The van der Waals surface area contributed by atoms with Gasteiger partial charge in [0.1, 0.15) is 11.9 Å². The maximum absolute atomic E-state index is 12.0. The van der Waals surface area contributed by atoms with Gasteiger partial charge in [-0.05, 0) is 24.3 Å². The lowest BCUT2D eigenvalue weighted by Crippen LogP contribution is -2.45. The van der Waals surface area contributed by atoms with Crippen LogP contribution in [0.4, 0.5) is 5.69 Å². The first-order valence-corrected chi connectivity index (χ1v) is 5.83. The lowest BCUT2D eigenvalue weighted by Gasteiger charge is -2.26. The van der Waals surface area contributed by atoms with Crippen molar-refractivity contribution in [1.29, 1.82) is 0 Å². The molecule has 1 aliphatic rings. The number of rotatable bonds is 4. The zero-order valence-corrected chi connectivity index (χ0v) is 10.4.